The average Bonchev–Trinajstić information content (AvgIpc) is 3.04. The Bertz CT molecular complexity index is 996. The third-order valence-electron chi connectivity index (χ3n) is 10.1. The Hall–Kier alpha value is -1.96. The number of carboxylic acids is 1. The fourth-order valence-corrected chi connectivity index (χ4v) is 8.65. The molecule has 0 aromatic heterocycles. The summed E-state index contributed by atoms with van der Waals surface area (Å²) < 4.78 is 5.77. The molecular formula is C29H43NO6. The molecule has 0 spiro atoms. The smallest absolute Gasteiger partial charge is 0.335 e. The first-order valence-electron chi connectivity index (χ1n) is 13.4. The van der Waals surface area contributed by atoms with E-state index in [0.717, 1.165) is 24.8 Å². The minimum atomic E-state index is -1.05. The fraction of sp³-hybridized carbons (Fsp3) is 0.724. The van der Waals surface area contributed by atoms with E-state index >= 15 is 0 Å². The van der Waals surface area contributed by atoms with Crippen LogP contribution in [0.3, 0.4) is 0 Å². The number of hydrogen-bond acceptors (Lipinski definition) is 6. The van der Waals surface area contributed by atoms with Crippen LogP contribution in [0.25, 0.3) is 0 Å². The molecule has 5 N–H and O–H groups in total. The summed E-state index contributed by atoms with van der Waals surface area (Å²) in [4.78, 5) is 24.6. The third kappa shape index (κ3) is 4.37. The van der Waals surface area contributed by atoms with Gasteiger partial charge in [0.1, 0.15) is 6.10 Å². The van der Waals surface area contributed by atoms with E-state index in [4.69, 9.17) is 10.5 Å². The summed E-state index contributed by atoms with van der Waals surface area (Å²) >= 11 is 0. The van der Waals surface area contributed by atoms with Gasteiger partial charge >= 0.3 is 11.9 Å². The van der Waals surface area contributed by atoms with Crippen LogP contribution in [0.2, 0.25) is 0 Å². The molecule has 36 heavy (non-hydrogen) atoms. The minimum absolute atomic E-state index is 0.00266. The first kappa shape index (κ1) is 27.1. The van der Waals surface area contributed by atoms with E-state index in [1.54, 1.807) is 12.2 Å². The molecule has 4 aliphatic rings. The van der Waals surface area contributed by atoms with E-state index < -0.39 is 30.3 Å². The third-order valence-corrected chi connectivity index (χ3v) is 10.1. The number of rotatable bonds is 4. The molecule has 0 amide bonds. The Morgan fingerprint density at radius 1 is 1.03 bits per heavy atom. The summed E-state index contributed by atoms with van der Waals surface area (Å²) in [5.74, 6) is -1.41. The highest BCUT2D eigenvalue weighted by Gasteiger charge is 2.66. The van der Waals surface area contributed by atoms with Crippen molar-refractivity contribution < 1.29 is 29.6 Å². The van der Waals surface area contributed by atoms with Crippen LogP contribution in [-0.2, 0) is 14.3 Å². The van der Waals surface area contributed by atoms with Gasteiger partial charge in [0.2, 0.25) is 0 Å². The first-order chi connectivity index (χ1) is 16.8. The van der Waals surface area contributed by atoms with E-state index in [-0.39, 0.29) is 46.1 Å². The summed E-state index contributed by atoms with van der Waals surface area (Å²) in [6.45, 7) is 9.67. The van der Waals surface area contributed by atoms with Gasteiger partial charge in [-0.1, -0.05) is 31.6 Å². The molecule has 7 heteroatoms. The molecule has 4 rings (SSSR count). The molecule has 10 atom stereocenters. The van der Waals surface area contributed by atoms with Crippen molar-refractivity contribution in [3.63, 3.8) is 0 Å². The molecule has 4 aliphatic carbocycles. The van der Waals surface area contributed by atoms with E-state index in [0.29, 0.717) is 24.8 Å². The Labute approximate surface area is 214 Å². The molecule has 0 saturated heterocycles. The van der Waals surface area contributed by atoms with Crippen LogP contribution in [0.4, 0.5) is 0 Å². The van der Waals surface area contributed by atoms with Gasteiger partial charge < -0.3 is 25.8 Å². The highest BCUT2D eigenvalue weighted by Crippen LogP contribution is 2.68. The molecule has 4 fully saturated rings. The zero-order valence-corrected chi connectivity index (χ0v) is 22.2. The number of aliphatic carboxylic acids is 1. The summed E-state index contributed by atoms with van der Waals surface area (Å²) in [6.07, 6.45) is 7.56. The molecular weight excluding hydrogens is 458 g/mol. The molecule has 0 radical (unpaired) electrons. The van der Waals surface area contributed by atoms with Gasteiger partial charge in [0.25, 0.3) is 0 Å². The lowest BCUT2D eigenvalue weighted by atomic mass is 9.42. The molecule has 0 bridgehead atoms. The summed E-state index contributed by atoms with van der Waals surface area (Å²) in [5, 5.41) is 32.3. The maximum atomic E-state index is 12.5. The number of esters is 1. The monoisotopic (exact) mass is 501 g/mol. The quantitative estimate of drug-likeness (QED) is 0.262. The van der Waals surface area contributed by atoms with Gasteiger partial charge in [-0.25, -0.2) is 4.79 Å². The lowest BCUT2D eigenvalue weighted by Gasteiger charge is -2.63. The summed E-state index contributed by atoms with van der Waals surface area (Å²) in [7, 11) is 0. The van der Waals surface area contributed by atoms with Crippen LogP contribution in [-0.4, -0.2) is 51.6 Å². The van der Waals surface area contributed by atoms with Crippen molar-refractivity contribution in [1.82, 2.24) is 0 Å². The molecule has 7 nitrogen and oxygen atoms in total. The Kier molecular flexibility index (Phi) is 7.32. The molecule has 200 valence electrons. The largest absolute Gasteiger partial charge is 0.478 e. The summed E-state index contributed by atoms with van der Waals surface area (Å²) in [5.41, 5.74) is 7.80. The number of carbonyl (C=O) groups excluding carboxylic acids is 1. The summed E-state index contributed by atoms with van der Waals surface area (Å²) in [6, 6.07) is -0.297. The van der Waals surface area contributed by atoms with Gasteiger partial charge in [0, 0.05) is 13.0 Å². The van der Waals surface area contributed by atoms with Gasteiger partial charge in [-0.3, -0.25) is 4.79 Å². The second-order valence-corrected chi connectivity index (χ2v) is 12.4. The lowest BCUT2D eigenvalue weighted by Crippen LogP contribution is -2.64. The SMILES string of the molecule is CC(=O)O[C@H]1C[C@]2(C)C3CC[C@H]4[C@H](N)[C@H](O)CC[C@]4(C)[C@@H]3[C@H](O)C[C@H]2/C1=C(\C=C\C=C(C)C)C(=O)O. The van der Waals surface area contributed by atoms with Gasteiger partial charge in [-0.15, -0.1) is 0 Å². The van der Waals surface area contributed by atoms with Crippen LogP contribution >= 0.6 is 0 Å². The molecule has 0 aromatic carbocycles. The second-order valence-electron chi connectivity index (χ2n) is 12.4. The van der Waals surface area contributed by atoms with Crippen molar-refractivity contribution >= 4 is 11.9 Å². The highest BCUT2D eigenvalue weighted by atomic mass is 16.5. The number of ether oxygens (including phenoxy) is 1. The minimum Gasteiger partial charge on any atom is -0.478 e. The second kappa shape index (κ2) is 9.73. The van der Waals surface area contributed by atoms with Crippen LogP contribution in [0.1, 0.15) is 73.1 Å². The Morgan fingerprint density at radius 3 is 2.31 bits per heavy atom. The predicted molar refractivity (Wildman–Crippen MR) is 137 cm³/mol. The van der Waals surface area contributed by atoms with Crippen molar-refractivity contribution in [2.24, 2.45) is 40.2 Å². The number of aliphatic hydroxyl groups is 2. The maximum Gasteiger partial charge on any atom is 0.335 e. The Morgan fingerprint density at radius 2 is 1.69 bits per heavy atom. The number of allylic oxidation sites excluding steroid dienone is 3. The van der Waals surface area contributed by atoms with Crippen molar-refractivity contribution in [2.75, 3.05) is 0 Å². The van der Waals surface area contributed by atoms with Gasteiger partial charge in [-0.05, 0) is 98.5 Å². The van der Waals surface area contributed by atoms with Crippen LogP contribution in [0.5, 0.6) is 0 Å². The zero-order chi connectivity index (χ0) is 26.6. The number of nitrogens with two attached hydrogens (primary N) is 1. The Balaban J connectivity index is 1.80. The van der Waals surface area contributed by atoms with Gasteiger partial charge in [0.05, 0.1) is 17.8 Å². The van der Waals surface area contributed by atoms with Crippen LogP contribution < -0.4 is 5.73 Å². The standard InChI is InChI=1S/C29H43NO6/c1-15(2)7-6-8-17(27(34)35)24-20-13-22(33)25-18(29(20,5)14-23(24)36-16(3)31)9-10-19-26(30)21(32)11-12-28(19,25)4/h6-8,18-23,25-26,32-33H,9-14,30H2,1-5H3,(H,34,35)/b8-6+,24-17-/t18?,19-,20-,21+,22+,23-,25-,26-,28-,29+/m0/s1. The number of fused-ring (bicyclic) bond motifs is 5. The fourth-order valence-electron chi connectivity index (χ4n) is 8.65. The van der Waals surface area contributed by atoms with E-state index in [9.17, 15) is 24.9 Å². The van der Waals surface area contributed by atoms with Crippen molar-refractivity contribution in [1.29, 1.82) is 0 Å². The zero-order valence-electron chi connectivity index (χ0n) is 22.2. The predicted octanol–water partition coefficient (Wildman–Crippen LogP) is 3.74. The number of carboxylic acid groups (broad SMARTS) is 1. The number of aliphatic hydroxyl groups excluding tert-OH is 2. The van der Waals surface area contributed by atoms with Crippen LogP contribution in [0, 0.1) is 34.5 Å². The average molecular weight is 502 g/mol. The normalized spacial score (nSPS) is 45.3. The van der Waals surface area contributed by atoms with Crippen molar-refractivity contribution in [2.45, 2.75) is 97.5 Å². The molecule has 4 saturated carbocycles. The van der Waals surface area contributed by atoms with Crippen molar-refractivity contribution in [3.05, 3.63) is 34.9 Å². The number of carbonyl (C=O) groups is 2. The van der Waals surface area contributed by atoms with Crippen molar-refractivity contribution in [3.8, 4) is 0 Å². The molecule has 0 heterocycles. The highest BCUT2D eigenvalue weighted by molar-refractivity contribution is 5.91. The topological polar surface area (TPSA) is 130 Å². The molecule has 1 unspecified atom stereocenters. The number of hydrogen-bond donors (Lipinski definition) is 4. The maximum absolute atomic E-state index is 12.5. The van der Waals surface area contributed by atoms with E-state index in [1.807, 2.05) is 19.9 Å². The first-order valence-corrected chi connectivity index (χ1v) is 13.4. The molecule has 0 aliphatic heterocycles. The molecule has 0 aromatic rings. The van der Waals surface area contributed by atoms with Gasteiger partial charge in [0.15, 0.2) is 0 Å². The van der Waals surface area contributed by atoms with Crippen LogP contribution in [0.15, 0.2) is 34.9 Å². The lowest BCUT2D eigenvalue weighted by molar-refractivity contribution is -0.182. The van der Waals surface area contributed by atoms with E-state index in [2.05, 4.69) is 13.8 Å². The van der Waals surface area contributed by atoms with E-state index in [1.165, 1.54) is 6.92 Å². The van der Waals surface area contributed by atoms with Gasteiger partial charge in [-0.2, -0.15) is 0 Å².